The maximum atomic E-state index is 10.4. The van der Waals surface area contributed by atoms with Gasteiger partial charge in [-0.15, -0.1) is 0 Å². The van der Waals surface area contributed by atoms with Crippen molar-refractivity contribution in [3.63, 3.8) is 0 Å². The van der Waals surface area contributed by atoms with Gasteiger partial charge in [0.25, 0.3) is 0 Å². The van der Waals surface area contributed by atoms with Gasteiger partial charge in [-0.3, -0.25) is 4.79 Å². The van der Waals surface area contributed by atoms with Crippen LogP contribution in [0.2, 0.25) is 0 Å². The number of hydrogen-bond donors (Lipinski definition) is 1. The van der Waals surface area contributed by atoms with Crippen molar-refractivity contribution in [2.45, 2.75) is 13.3 Å². The highest BCUT2D eigenvalue weighted by Gasteiger charge is 1.91. The van der Waals surface area contributed by atoms with Crippen molar-refractivity contribution in [3.05, 3.63) is 29.6 Å². The fourth-order valence-corrected chi connectivity index (χ4v) is 0.860. The number of H-pyrrole nitrogens is 1. The summed E-state index contributed by atoms with van der Waals surface area (Å²) in [4.78, 5) is 13.3. The highest BCUT2D eigenvalue weighted by molar-refractivity contribution is 5.81. The summed E-state index contributed by atoms with van der Waals surface area (Å²) in [6.07, 6.45) is 7.26. The van der Waals surface area contributed by atoms with Gasteiger partial charge in [0, 0.05) is 12.4 Å². The van der Waals surface area contributed by atoms with Crippen molar-refractivity contribution in [3.8, 4) is 0 Å². The van der Waals surface area contributed by atoms with E-state index in [1.54, 1.807) is 0 Å². The molecule has 0 aliphatic rings. The van der Waals surface area contributed by atoms with Crippen LogP contribution in [0.5, 0.6) is 0 Å². The third kappa shape index (κ3) is 2.08. The lowest BCUT2D eigenvalue weighted by Gasteiger charge is -1.89. The number of aldehydes is 1. The Labute approximate surface area is 65.9 Å². The van der Waals surface area contributed by atoms with E-state index in [2.05, 4.69) is 4.98 Å². The Morgan fingerprint density at radius 2 is 2.55 bits per heavy atom. The lowest BCUT2D eigenvalue weighted by atomic mass is 10.1. The van der Waals surface area contributed by atoms with Crippen LogP contribution in [0.1, 0.15) is 18.9 Å². The van der Waals surface area contributed by atoms with Crippen molar-refractivity contribution in [1.82, 2.24) is 4.98 Å². The van der Waals surface area contributed by atoms with Gasteiger partial charge in [0.05, 0.1) is 0 Å². The summed E-state index contributed by atoms with van der Waals surface area (Å²) in [5.41, 5.74) is 1.87. The van der Waals surface area contributed by atoms with Gasteiger partial charge in [0.1, 0.15) is 6.29 Å². The van der Waals surface area contributed by atoms with Crippen LogP contribution in [0, 0.1) is 0 Å². The molecule has 0 spiro atoms. The molecule has 11 heavy (non-hydrogen) atoms. The quantitative estimate of drug-likeness (QED) is 0.517. The maximum Gasteiger partial charge on any atom is 0.146 e. The molecule has 1 aromatic heterocycles. The molecule has 0 aliphatic heterocycles. The van der Waals surface area contributed by atoms with Gasteiger partial charge in [-0.25, -0.2) is 0 Å². The normalized spacial score (nSPS) is 11.5. The van der Waals surface area contributed by atoms with Crippen LogP contribution in [0.25, 0.3) is 6.08 Å². The fraction of sp³-hybridized carbons (Fsp3) is 0.222. The predicted molar refractivity (Wildman–Crippen MR) is 45.1 cm³/mol. The molecule has 1 aromatic rings. The minimum atomic E-state index is 0.786. The first-order valence-corrected chi connectivity index (χ1v) is 3.65. The number of nitrogens with one attached hydrogen (secondary N) is 1. The van der Waals surface area contributed by atoms with Gasteiger partial charge >= 0.3 is 0 Å². The third-order valence-electron chi connectivity index (χ3n) is 1.53. The largest absolute Gasteiger partial charge is 0.367 e. The Morgan fingerprint density at radius 3 is 3.00 bits per heavy atom. The minimum absolute atomic E-state index is 0.786. The molecular formula is C9H11NO. The number of hydrogen-bond acceptors (Lipinski definition) is 1. The van der Waals surface area contributed by atoms with E-state index in [0.717, 1.165) is 23.8 Å². The Balaban J connectivity index is 2.79. The van der Waals surface area contributed by atoms with E-state index in [1.165, 1.54) is 0 Å². The van der Waals surface area contributed by atoms with Crippen LogP contribution in [-0.4, -0.2) is 11.3 Å². The number of aromatic nitrogens is 1. The van der Waals surface area contributed by atoms with Gasteiger partial charge in [0.15, 0.2) is 0 Å². The highest BCUT2D eigenvalue weighted by Crippen LogP contribution is 2.05. The lowest BCUT2D eigenvalue weighted by Crippen LogP contribution is -1.79. The monoisotopic (exact) mass is 149 g/mol. The van der Waals surface area contributed by atoms with Crippen molar-refractivity contribution in [1.29, 1.82) is 0 Å². The number of allylic oxidation sites excluding steroid dienone is 1. The van der Waals surface area contributed by atoms with E-state index in [4.69, 9.17) is 0 Å². The number of carbonyl (C=O) groups is 1. The Hall–Kier alpha value is -1.31. The zero-order chi connectivity index (χ0) is 8.10. The zero-order valence-electron chi connectivity index (χ0n) is 6.50. The van der Waals surface area contributed by atoms with Crippen LogP contribution in [0.4, 0.5) is 0 Å². The molecule has 0 fully saturated rings. The molecule has 1 N–H and O–H groups in total. The fourth-order valence-electron chi connectivity index (χ4n) is 0.860. The number of carbonyl (C=O) groups excluding carboxylic acids is 1. The van der Waals surface area contributed by atoms with Crippen molar-refractivity contribution < 1.29 is 4.79 Å². The lowest BCUT2D eigenvalue weighted by molar-refractivity contribution is -0.104. The summed E-state index contributed by atoms with van der Waals surface area (Å²) in [5, 5.41) is 0. The summed E-state index contributed by atoms with van der Waals surface area (Å²) in [5.74, 6) is 0. The molecule has 1 heterocycles. The Morgan fingerprint density at radius 1 is 1.73 bits per heavy atom. The van der Waals surface area contributed by atoms with E-state index in [9.17, 15) is 4.79 Å². The molecule has 0 bridgehead atoms. The molecule has 0 atom stereocenters. The Bertz CT molecular complexity index is 247. The average molecular weight is 149 g/mol. The van der Waals surface area contributed by atoms with Crippen LogP contribution in [0.15, 0.2) is 24.0 Å². The van der Waals surface area contributed by atoms with E-state index in [-0.39, 0.29) is 0 Å². The molecular weight excluding hydrogens is 138 g/mol. The summed E-state index contributed by atoms with van der Waals surface area (Å²) in [6.45, 7) is 1.97. The zero-order valence-corrected chi connectivity index (χ0v) is 6.50. The third-order valence-corrected chi connectivity index (χ3v) is 1.53. The molecule has 2 nitrogen and oxygen atoms in total. The van der Waals surface area contributed by atoms with Crippen molar-refractivity contribution >= 4 is 12.4 Å². The standard InChI is InChI=1S/C9H11NO/c1-2-8(7-11)5-9-3-4-10-6-9/h3-7,10H,2H2,1H3/b8-5-. The summed E-state index contributed by atoms with van der Waals surface area (Å²) in [6, 6.07) is 1.93. The molecule has 0 unspecified atom stereocenters. The molecule has 0 aliphatic carbocycles. The summed E-state index contributed by atoms with van der Waals surface area (Å²) < 4.78 is 0. The van der Waals surface area contributed by atoms with E-state index in [1.807, 2.05) is 31.5 Å². The van der Waals surface area contributed by atoms with Crippen molar-refractivity contribution in [2.24, 2.45) is 0 Å². The van der Waals surface area contributed by atoms with Crippen molar-refractivity contribution in [2.75, 3.05) is 0 Å². The Kier molecular flexibility index (Phi) is 2.66. The average Bonchev–Trinajstić information content (AvgIpc) is 2.52. The van der Waals surface area contributed by atoms with Crippen LogP contribution in [-0.2, 0) is 4.79 Å². The summed E-state index contributed by atoms with van der Waals surface area (Å²) >= 11 is 0. The second-order valence-electron chi connectivity index (χ2n) is 2.33. The smallest absolute Gasteiger partial charge is 0.146 e. The molecule has 1 rings (SSSR count). The molecule has 0 saturated heterocycles. The molecule has 58 valence electrons. The van der Waals surface area contributed by atoms with Crippen LogP contribution in [0.3, 0.4) is 0 Å². The van der Waals surface area contributed by atoms with Crippen LogP contribution < -0.4 is 0 Å². The first-order chi connectivity index (χ1) is 5.36. The topological polar surface area (TPSA) is 32.9 Å². The maximum absolute atomic E-state index is 10.4. The molecule has 0 amide bonds. The first kappa shape index (κ1) is 7.79. The van der Waals surface area contributed by atoms with E-state index >= 15 is 0 Å². The molecule has 0 saturated carbocycles. The molecule has 2 heteroatoms. The summed E-state index contributed by atoms with van der Waals surface area (Å²) in [7, 11) is 0. The van der Waals surface area contributed by atoms with Gasteiger partial charge in [-0.1, -0.05) is 6.92 Å². The number of aromatic amines is 1. The second kappa shape index (κ2) is 3.76. The number of rotatable bonds is 3. The van der Waals surface area contributed by atoms with Gasteiger partial charge in [0.2, 0.25) is 0 Å². The van der Waals surface area contributed by atoms with Gasteiger partial charge < -0.3 is 4.98 Å². The SMILES string of the molecule is CC/C(C=O)=C/c1cc[nH]c1. The van der Waals surface area contributed by atoms with E-state index < -0.39 is 0 Å². The van der Waals surface area contributed by atoms with E-state index in [0.29, 0.717) is 0 Å². The molecule has 0 aromatic carbocycles. The minimum Gasteiger partial charge on any atom is -0.367 e. The highest BCUT2D eigenvalue weighted by atomic mass is 16.1. The van der Waals surface area contributed by atoms with Gasteiger partial charge in [-0.2, -0.15) is 0 Å². The van der Waals surface area contributed by atoms with Gasteiger partial charge in [-0.05, 0) is 29.7 Å². The predicted octanol–water partition coefficient (Wildman–Crippen LogP) is 2.01. The van der Waals surface area contributed by atoms with Crippen LogP contribution >= 0.6 is 0 Å². The first-order valence-electron chi connectivity index (χ1n) is 3.65. The molecule has 0 radical (unpaired) electrons. The second-order valence-corrected chi connectivity index (χ2v) is 2.33.